The van der Waals surface area contributed by atoms with Crippen LogP contribution in [0.2, 0.25) is 0 Å². The molecular formula is C21H28N2O. The third-order valence-electron chi connectivity index (χ3n) is 5.43. The van der Waals surface area contributed by atoms with Crippen molar-refractivity contribution in [2.45, 2.75) is 51.6 Å². The lowest BCUT2D eigenvalue weighted by molar-refractivity contribution is -0.0686. The Labute approximate surface area is 145 Å². The number of ether oxygens (including phenoxy) is 1. The van der Waals surface area contributed by atoms with E-state index in [2.05, 4.69) is 37.5 Å². The molecule has 1 aromatic carbocycles. The molecule has 0 aromatic heterocycles. The number of nitrogens with zero attached hydrogens (tertiary/aromatic N) is 1. The van der Waals surface area contributed by atoms with Crippen LogP contribution in [0.3, 0.4) is 0 Å². The molecule has 0 amide bonds. The van der Waals surface area contributed by atoms with E-state index in [1.165, 1.54) is 24.8 Å². The standard InChI is InChI=1S/C21H28N2O/c1-3-24-21(19-8-5-7-18(12-19)13-22)16(2)6-4-9-20(21)15-23-14-17-10-11-17/h5,7-8,12,15-17,23H,3-4,6,9-11,14H2,1-2H3/b20-15+. The van der Waals surface area contributed by atoms with Gasteiger partial charge in [-0.25, -0.2) is 0 Å². The van der Waals surface area contributed by atoms with Crippen molar-refractivity contribution in [2.75, 3.05) is 13.2 Å². The summed E-state index contributed by atoms with van der Waals surface area (Å²) < 4.78 is 6.44. The van der Waals surface area contributed by atoms with Gasteiger partial charge in [-0.2, -0.15) is 5.26 Å². The lowest BCUT2D eigenvalue weighted by Gasteiger charge is -2.45. The third kappa shape index (κ3) is 3.35. The van der Waals surface area contributed by atoms with Gasteiger partial charge in [-0.05, 0) is 80.3 Å². The minimum Gasteiger partial charge on any atom is -0.391 e. The van der Waals surface area contributed by atoms with E-state index < -0.39 is 5.60 Å². The summed E-state index contributed by atoms with van der Waals surface area (Å²) in [5.74, 6) is 1.25. The van der Waals surface area contributed by atoms with Crippen LogP contribution in [0.15, 0.2) is 36.0 Å². The molecule has 128 valence electrons. The molecule has 0 heterocycles. The van der Waals surface area contributed by atoms with Gasteiger partial charge in [0, 0.05) is 13.2 Å². The van der Waals surface area contributed by atoms with Gasteiger partial charge in [-0.1, -0.05) is 19.1 Å². The quantitative estimate of drug-likeness (QED) is 0.838. The van der Waals surface area contributed by atoms with Crippen molar-refractivity contribution < 1.29 is 4.74 Å². The first-order chi connectivity index (χ1) is 11.7. The summed E-state index contributed by atoms with van der Waals surface area (Å²) in [5.41, 5.74) is 2.75. The molecule has 2 unspecified atom stereocenters. The summed E-state index contributed by atoms with van der Waals surface area (Å²) >= 11 is 0. The molecule has 2 aliphatic carbocycles. The van der Waals surface area contributed by atoms with Gasteiger partial charge >= 0.3 is 0 Å². The van der Waals surface area contributed by atoms with Gasteiger partial charge < -0.3 is 10.1 Å². The maximum atomic E-state index is 9.30. The van der Waals surface area contributed by atoms with Crippen LogP contribution in [0.5, 0.6) is 0 Å². The summed E-state index contributed by atoms with van der Waals surface area (Å²) in [6, 6.07) is 10.2. The number of hydrogen-bond acceptors (Lipinski definition) is 3. The Morgan fingerprint density at radius 2 is 2.21 bits per heavy atom. The van der Waals surface area contributed by atoms with E-state index in [9.17, 15) is 5.26 Å². The lowest BCUT2D eigenvalue weighted by Crippen LogP contribution is -2.42. The monoisotopic (exact) mass is 324 g/mol. The molecule has 3 heteroatoms. The van der Waals surface area contributed by atoms with Crippen LogP contribution in [0.4, 0.5) is 0 Å². The van der Waals surface area contributed by atoms with Gasteiger partial charge in [0.1, 0.15) is 5.60 Å². The van der Waals surface area contributed by atoms with E-state index in [4.69, 9.17) is 4.74 Å². The normalized spacial score (nSPS) is 28.5. The van der Waals surface area contributed by atoms with E-state index in [1.54, 1.807) is 0 Å². The maximum Gasteiger partial charge on any atom is 0.118 e. The fourth-order valence-electron chi connectivity index (χ4n) is 3.99. The van der Waals surface area contributed by atoms with Crippen LogP contribution < -0.4 is 5.32 Å². The zero-order chi connectivity index (χ0) is 17.0. The molecule has 0 bridgehead atoms. The predicted molar refractivity (Wildman–Crippen MR) is 96.3 cm³/mol. The average Bonchev–Trinajstić information content (AvgIpc) is 3.42. The fraction of sp³-hybridized carbons (Fsp3) is 0.571. The van der Waals surface area contributed by atoms with E-state index in [0.29, 0.717) is 18.1 Å². The number of benzene rings is 1. The first kappa shape index (κ1) is 17.0. The molecule has 2 fully saturated rings. The zero-order valence-corrected chi connectivity index (χ0v) is 14.8. The molecule has 1 N–H and O–H groups in total. The first-order valence-corrected chi connectivity index (χ1v) is 9.28. The Morgan fingerprint density at radius 1 is 1.38 bits per heavy atom. The first-order valence-electron chi connectivity index (χ1n) is 9.28. The summed E-state index contributed by atoms with van der Waals surface area (Å²) in [6.45, 7) is 6.08. The highest BCUT2D eigenvalue weighted by atomic mass is 16.5. The molecule has 3 rings (SSSR count). The Hall–Kier alpha value is -1.79. The van der Waals surface area contributed by atoms with Gasteiger partial charge in [-0.15, -0.1) is 0 Å². The van der Waals surface area contributed by atoms with Crippen molar-refractivity contribution in [3.05, 3.63) is 47.2 Å². The molecular weight excluding hydrogens is 296 g/mol. The van der Waals surface area contributed by atoms with Crippen molar-refractivity contribution in [1.82, 2.24) is 5.32 Å². The van der Waals surface area contributed by atoms with Crippen molar-refractivity contribution in [3.8, 4) is 6.07 Å². The molecule has 0 aliphatic heterocycles. The van der Waals surface area contributed by atoms with E-state index >= 15 is 0 Å². The van der Waals surface area contributed by atoms with Gasteiger partial charge in [0.2, 0.25) is 0 Å². The van der Waals surface area contributed by atoms with E-state index in [0.717, 1.165) is 30.9 Å². The SMILES string of the molecule is CCOC1(c2cccc(C#N)c2)/C(=C/NCC2CC2)CCCC1C. The fourth-order valence-corrected chi connectivity index (χ4v) is 3.99. The number of nitriles is 1. The molecule has 2 atom stereocenters. The third-order valence-corrected chi connectivity index (χ3v) is 5.43. The highest BCUT2D eigenvalue weighted by Crippen LogP contribution is 2.48. The van der Waals surface area contributed by atoms with Gasteiger partial charge in [-0.3, -0.25) is 0 Å². The zero-order valence-electron chi connectivity index (χ0n) is 14.8. The van der Waals surface area contributed by atoms with Crippen LogP contribution in [-0.4, -0.2) is 13.2 Å². The van der Waals surface area contributed by atoms with E-state index in [-0.39, 0.29) is 0 Å². The van der Waals surface area contributed by atoms with Crippen molar-refractivity contribution in [3.63, 3.8) is 0 Å². The molecule has 0 saturated heterocycles. The van der Waals surface area contributed by atoms with Gasteiger partial charge in [0.15, 0.2) is 0 Å². The highest BCUT2D eigenvalue weighted by Gasteiger charge is 2.44. The van der Waals surface area contributed by atoms with Crippen molar-refractivity contribution in [1.29, 1.82) is 5.26 Å². The molecule has 0 spiro atoms. The van der Waals surface area contributed by atoms with Gasteiger partial charge in [0.25, 0.3) is 0 Å². The van der Waals surface area contributed by atoms with Crippen LogP contribution in [0, 0.1) is 23.2 Å². The summed E-state index contributed by atoms with van der Waals surface area (Å²) in [5, 5.41) is 12.8. The summed E-state index contributed by atoms with van der Waals surface area (Å²) in [4.78, 5) is 0. The average molecular weight is 324 g/mol. The summed E-state index contributed by atoms with van der Waals surface area (Å²) in [6.07, 6.45) is 8.32. The van der Waals surface area contributed by atoms with Gasteiger partial charge in [0.05, 0.1) is 11.6 Å². The second-order valence-electron chi connectivity index (χ2n) is 7.18. The number of rotatable bonds is 6. The minimum absolute atomic E-state index is 0.397. The molecule has 3 nitrogen and oxygen atoms in total. The number of hydrogen-bond donors (Lipinski definition) is 1. The molecule has 0 radical (unpaired) electrons. The second kappa shape index (κ2) is 7.40. The number of nitrogens with one attached hydrogen (secondary N) is 1. The highest BCUT2D eigenvalue weighted by molar-refractivity contribution is 5.41. The Morgan fingerprint density at radius 3 is 2.92 bits per heavy atom. The van der Waals surface area contributed by atoms with Crippen LogP contribution in [0.1, 0.15) is 57.1 Å². The Balaban J connectivity index is 1.98. The topological polar surface area (TPSA) is 45.0 Å². The predicted octanol–water partition coefficient (Wildman–Crippen LogP) is 4.49. The molecule has 2 saturated carbocycles. The molecule has 2 aliphatic rings. The van der Waals surface area contributed by atoms with Crippen molar-refractivity contribution >= 4 is 0 Å². The molecule has 24 heavy (non-hydrogen) atoms. The molecule has 1 aromatic rings. The van der Waals surface area contributed by atoms with Crippen LogP contribution in [-0.2, 0) is 10.3 Å². The lowest BCUT2D eigenvalue weighted by atomic mass is 9.69. The van der Waals surface area contributed by atoms with Crippen LogP contribution in [0.25, 0.3) is 0 Å². The Bertz CT molecular complexity index is 641. The van der Waals surface area contributed by atoms with Crippen LogP contribution >= 0.6 is 0 Å². The second-order valence-corrected chi connectivity index (χ2v) is 7.18. The maximum absolute atomic E-state index is 9.30. The summed E-state index contributed by atoms with van der Waals surface area (Å²) in [7, 11) is 0. The Kier molecular flexibility index (Phi) is 5.26. The van der Waals surface area contributed by atoms with Crippen molar-refractivity contribution in [2.24, 2.45) is 11.8 Å². The smallest absolute Gasteiger partial charge is 0.118 e. The van der Waals surface area contributed by atoms with E-state index in [1.807, 2.05) is 18.2 Å². The minimum atomic E-state index is -0.406. The largest absolute Gasteiger partial charge is 0.391 e.